The van der Waals surface area contributed by atoms with Crippen molar-refractivity contribution in [2.45, 2.75) is 26.7 Å². The highest BCUT2D eigenvalue weighted by atomic mass is 35.5. The van der Waals surface area contributed by atoms with Crippen LogP contribution in [0.1, 0.15) is 32.3 Å². The number of esters is 1. The topological polar surface area (TPSA) is 53.3 Å². The zero-order valence-electron chi connectivity index (χ0n) is 13.0. The Balaban J connectivity index is 2.07. The molecule has 0 heterocycles. The summed E-state index contributed by atoms with van der Waals surface area (Å²) in [6.45, 7) is 5.49. The molecule has 0 spiro atoms. The van der Waals surface area contributed by atoms with Crippen LogP contribution in [0.3, 0.4) is 0 Å². The number of anilines is 1. The average Bonchev–Trinajstić information content (AvgIpc) is 3.28. The summed E-state index contributed by atoms with van der Waals surface area (Å²) in [5, 5.41) is 9.36. The third-order valence-corrected chi connectivity index (χ3v) is 3.82. The molecule has 5 heteroatoms. The zero-order valence-corrected chi connectivity index (χ0v) is 13.8. The summed E-state index contributed by atoms with van der Waals surface area (Å²) in [5.41, 5.74) is 1.30. The van der Waals surface area contributed by atoms with E-state index in [-0.39, 0.29) is 12.5 Å². The SMILES string of the molecule is CC(C)COC(=O)CN(CC1CC1)c1ccc(C#N)c(Cl)c1. The number of nitrogens with zero attached hydrogens (tertiary/aromatic N) is 2. The van der Waals surface area contributed by atoms with Gasteiger partial charge in [0.05, 0.1) is 17.2 Å². The van der Waals surface area contributed by atoms with Crippen molar-refractivity contribution in [2.24, 2.45) is 11.8 Å². The smallest absolute Gasteiger partial charge is 0.325 e. The third-order valence-electron chi connectivity index (χ3n) is 3.51. The molecule has 22 heavy (non-hydrogen) atoms. The minimum atomic E-state index is -0.227. The number of benzene rings is 1. The Morgan fingerprint density at radius 2 is 2.23 bits per heavy atom. The highest BCUT2D eigenvalue weighted by Crippen LogP contribution is 2.32. The maximum atomic E-state index is 12.0. The summed E-state index contributed by atoms with van der Waals surface area (Å²) in [5.74, 6) is 0.729. The monoisotopic (exact) mass is 320 g/mol. The predicted octanol–water partition coefficient (Wildman–Crippen LogP) is 3.63. The Morgan fingerprint density at radius 3 is 2.77 bits per heavy atom. The zero-order chi connectivity index (χ0) is 16.1. The van der Waals surface area contributed by atoms with Crippen molar-refractivity contribution in [1.29, 1.82) is 5.26 Å². The van der Waals surface area contributed by atoms with E-state index in [1.165, 1.54) is 12.8 Å². The number of nitriles is 1. The number of carbonyl (C=O) groups is 1. The second kappa shape index (κ2) is 7.51. The summed E-state index contributed by atoms with van der Waals surface area (Å²) in [6, 6.07) is 7.32. The van der Waals surface area contributed by atoms with Gasteiger partial charge in [0.1, 0.15) is 12.6 Å². The maximum absolute atomic E-state index is 12.0. The van der Waals surface area contributed by atoms with Crippen LogP contribution in [0, 0.1) is 23.2 Å². The average molecular weight is 321 g/mol. The largest absolute Gasteiger partial charge is 0.464 e. The van der Waals surface area contributed by atoms with Gasteiger partial charge < -0.3 is 9.64 Å². The van der Waals surface area contributed by atoms with E-state index in [4.69, 9.17) is 21.6 Å². The first-order valence-electron chi connectivity index (χ1n) is 7.59. The second-order valence-electron chi connectivity index (χ2n) is 6.18. The molecule has 2 rings (SSSR count). The standard InChI is InChI=1S/C17H21ClN2O2/c1-12(2)11-22-17(21)10-20(9-13-3-4-13)15-6-5-14(8-19)16(18)7-15/h5-7,12-13H,3-4,9-11H2,1-2H3. The van der Waals surface area contributed by atoms with Crippen molar-refractivity contribution >= 4 is 23.3 Å². The number of ether oxygens (including phenoxy) is 1. The number of carbonyl (C=O) groups excluding carboxylic acids is 1. The number of hydrogen-bond acceptors (Lipinski definition) is 4. The first kappa shape index (κ1) is 16.6. The van der Waals surface area contributed by atoms with Gasteiger partial charge in [-0.2, -0.15) is 5.26 Å². The van der Waals surface area contributed by atoms with Gasteiger partial charge in [0, 0.05) is 12.2 Å². The molecule has 0 radical (unpaired) electrons. The quantitative estimate of drug-likeness (QED) is 0.720. The summed E-state index contributed by atoms with van der Waals surface area (Å²) in [4.78, 5) is 14.0. The Hall–Kier alpha value is -1.73. The Bertz CT molecular complexity index is 577. The molecule has 0 aromatic heterocycles. The summed E-state index contributed by atoms with van der Waals surface area (Å²) in [7, 11) is 0. The van der Waals surface area contributed by atoms with Gasteiger partial charge in [-0.25, -0.2) is 0 Å². The van der Waals surface area contributed by atoms with Crippen molar-refractivity contribution < 1.29 is 9.53 Å². The molecule has 0 atom stereocenters. The lowest BCUT2D eigenvalue weighted by Gasteiger charge is -2.24. The highest BCUT2D eigenvalue weighted by Gasteiger charge is 2.26. The molecule has 1 aliphatic rings. The van der Waals surface area contributed by atoms with E-state index in [9.17, 15) is 4.79 Å². The summed E-state index contributed by atoms with van der Waals surface area (Å²) < 4.78 is 5.27. The highest BCUT2D eigenvalue weighted by molar-refractivity contribution is 6.32. The molecule has 0 bridgehead atoms. The van der Waals surface area contributed by atoms with Crippen LogP contribution in [-0.4, -0.2) is 25.7 Å². The second-order valence-corrected chi connectivity index (χ2v) is 6.58. The van der Waals surface area contributed by atoms with Gasteiger partial charge in [0.25, 0.3) is 0 Å². The molecule has 1 saturated carbocycles. The minimum Gasteiger partial charge on any atom is -0.464 e. The lowest BCUT2D eigenvalue weighted by atomic mass is 10.2. The molecule has 1 aliphatic carbocycles. The fraction of sp³-hybridized carbons (Fsp3) is 0.529. The molecular weight excluding hydrogens is 300 g/mol. The molecule has 118 valence electrons. The van der Waals surface area contributed by atoms with E-state index in [1.54, 1.807) is 12.1 Å². The molecule has 0 N–H and O–H groups in total. The Labute approximate surface area is 136 Å². The van der Waals surface area contributed by atoms with E-state index in [0.29, 0.717) is 29.0 Å². The summed E-state index contributed by atoms with van der Waals surface area (Å²) >= 11 is 6.10. The van der Waals surface area contributed by atoms with Crippen LogP contribution in [-0.2, 0) is 9.53 Å². The van der Waals surface area contributed by atoms with Crippen molar-refractivity contribution in [3.63, 3.8) is 0 Å². The third kappa shape index (κ3) is 4.92. The molecule has 1 aromatic carbocycles. The molecule has 0 amide bonds. The van der Waals surface area contributed by atoms with Crippen LogP contribution in [0.4, 0.5) is 5.69 Å². The Morgan fingerprint density at radius 1 is 1.50 bits per heavy atom. The van der Waals surface area contributed by atoms with E-state index in [1.807, 2.05) is 30.9 Å². The van der Waals surface area contributed by atoms with Crippen LogP contribution in [0.5, 0.6) is 0 Å². The van der Waals surface area contributed by atoms with Crippen molar-refractivity contribution in [2.75, 3.05) is 24.6 Å². The molecule has 0 saturated heterocycles. The van der Waals surface area contributed by atoms with Crippen molar-refractivity contribution in [3.05, 3.63) is 28.8 Å². The molecular formula is C17H21ClN2O2. The fourth-order valence-electron chi connectivity index (χ4n) is 2.13. The van der Waals surface area contributed by atoms with Crippen LogP contribution in [0.15, 0.2) is 18.2 Å². The number of hydrogen-bond donors (Lipinski definition) is 0. The molecule has 1 aromatic rings. The molecule has 1 fully saturated rings. The fourth-order valence-corrected chi connectivity index (χ4v) is 2.34. The van der Waals surface area contributed by atoms with E-state index < -0.39 is 0 Å². The van der Waals surface area contributed by atoms with Crippen LogP contribution in [0.25, 0.3) is 0 Å². The van der Waals surface area contributed by atoms with Crippen molar-refractivity contribution in [1.82, 2.24) is 0 Å². The predicted molar refractivity (Wildman–Crippen MR) is 86.9 cm³/mol. The van der Waals surface area contributed by atoms with E-state index in [0.717, 1.165) is 12.2 Å². The van der Waals surface area contributed by atoms with Gasteiger partial charge in [-0.15, -0.1) is 0 Å². The van der Waals surface area contributed by atoms with Crippen LogP contribution < -0.4 is 4.90 Å². The molecule has 0 aliphatic heterocycles. The van der Waals surface area contributed by atoms with Gasteiger partial charge in [0.15, 0.2) is 0 Å². The van der Waals surface area contributed by atoms with Gasteiger partial charge in [-0.05, 0) is 42.9 Å². The van der Waals surface area contributed by atoms with Gasteiger partial charge in [0.2, 0.25) is 0 Å². The van der Waals surface area contributed by atoms with Gasteiger partial charge in [-0.3, -0.25) is 4.79 Å². The van der Waals surface area contributed by atoms with Crippen LogP contribution >= 0.6 is 11.6 Å². The van der Waals surface area contributed by atoms with Gasteiger partial charge >= 0.3 is 5.97 Å². The van der Waals surface area contributed by atoms with Crippen molar-refractivity contribution in [3.8, 4) is 6.07 Å². The normalized spacial score (nSPS) is 13.8. The Kier molecular flexibility index (Phi) is 5.68. The van der Waals surface area contributed by atoms with Gasteiger partial charge in [-0.1, -0.05) is 25.4 Å². The van der Waals surface area contributed by atoms with E-state index >= 15 is 0 Å². The molecule has 4 nitrogen and oxygen atoms in total. The first-order valence-corrected chi connectivity index (χ1v) is 7.97. The minimum absolute atomic E-state index is 0.214. The number of rotatable bonds is 7. The lowest BCUT2D eigenvalue weighted by Crippen LogP contribution is -2.33. The first-order chi connectivity index (χ1) is 10.5. The molecule has 0 unspecified atom stereocenters. The van der Waals surface area contributed by atoms with Crippen LogP contribution in [0.2, 0.25) is 5.02 Å². The number of halogens is 1. The maximum Gasteiger partial charge on any atom is 0.325 e. The lowest BCUT2D eigenvalue weighted by molar-refractivity contribution is -0.143. The van der Waals surface area contributed by atoms with E-state index in [2.05, 4.69) is 0 Å². The summed E-state index contributed by atoms with van der Waals surface area (Å²) in [6.07, 6.45) is 2.39.